The van der Waals surface area contributed by atoms with Crippen molar-refractivity contribution < 1.29 is 9.92 Å². The molecule has 0 spiro atoms. The predicted octanol–water partition coefficient (Wildman–Crippen LogP) is 3.11. The number of pyridine rings is 1. The van der Waals surface area contributed by atoms with E-state index in [0.29, 0.717) is 6.42 Å². The number of aryl methyl sites for hydroxylation is 1. The van der Waals surface area contributed by atoms with E-state index in [1.807, 2.05) is 19.2 Å². The first kappa shape index (κ1) is 17.1. The lowest BCUT2D eigenvalue weighted by atomic mass is 10.2. The van der Waals surface area contributed by atoms with E-state index in [2.05, 4.69) is 33.6 Å². The molecule has 0 bridgehead atoms. The van der Waals surface area contributed by atoms with Crippen LogP contribution in [0.25, 0.3) is 10.6 Å². The zero-order valence-electron chi connectivity index (χ0n) is 13.5. The van der Waals surface area contributed by atoms with E-state index < -0.39 is 5.09 Å². The monoisotopic (exact) mass is 336 g/mol. The molecule has 0 saturated carbocycles. The van der Waals surface area contributed by atoms with Crippen LogP contribution in [0.2, 0.25) is 0 Å². The van der Waals surface area contributed by atoms with Gasteiger partial charge in [-0.3, -0.25) is 4.98 Å². The van der Waals surface area contributed by atoms with Crippen molar-refractivity contribution in [1.82, 2.24) is 9.97 Å². The summed E-state index contributed by atoms with van der Waals surface area (Å²) in [5.74, 6) is 0. The van der Waals surface area contributed by atoms with Crippen LogP contribution in [0, 0.1) is 17.0 Å². The maximum atomic E-state index is 10.2. The van der Waals surface area contributed by atoms with Crippen molar-refractivity contribution in [3.63, 3.8) is 0 Å². The highest BCUT2D eigenvalue weighted by Gasteiger charge is 2.15. The first-order chi connectivity index (χ1) is 11.1. The second kappa shape index (κ2) is 7.87. The van der Waals surface area contributed by atoms with E-state index in [1.54, 1.807) is 6.20 Å². The summed E-state index contributed by atoms with van der Waals surface area (Å²) in [6, 6.07) is 1.99. The Kier molecular flexibility index (Phi) is 5.86. The fourth-order valence-corrected chi connectivity index (χ4v) is 3.44. The minimum atomic E-state index is -0.767. The van der Waals surface area contributed by atoms with Crippen molar-refractivity contribution in [1.29, 1.82) is 0 Å². The molecule has 0 N–H and O–H groups in total. The maximum absolute atomic E-state index is 10.2. The van der Waals surface area contributed by atoms with E-state index in [1.165, 1.54) is 11.3 Å². The topological polar surface area (TPSA) is 81.4 Å². The molecule has 7 nitrogen and oxygen atoms in total. The number of nitrogens with zero attached hydrogens (tertiary/aromatic N) is 4. The number of anilines is 1. The molecule has 0 aliphatic heterocycles. The second-order valence-electron chi connectivity index (χ2n) is 4.90. The average Bonchev–Trinajstić information content (AvgIpc) is 2.90. The van der Waals surface area contributed by atoms with Gasteiger partial charge < -0.3 is 9.74 Å². The van der Waals surface area contributed by atoms with Crippen LogP contribution >= 0.6 is 11.3 Å². The van der Waals surface area contributed by atoms with E-state index in [4.69, 9.17) is 0 Å². The molecule has 0 aliphatic carbocycles. The Bertz CT molecular complexity index is 670. The molecule has 23 heavy (non-hydrogen) atoms. The summed E-state index contributed by atoms with van der Waals surface area (Å²) in [6.07, 6.45) is 4.08. The van der Waals surface area contributed by atoms with Crippen LogP contribution in [0.4, 0.5) is 5.69 Å². The van der Waals surface area contributed by atoms with Crippen LogP contribution in [-0.2, 0) is 11.3 Å². The van der Waals surface area contributed by atoms with Gasteiger partial charge in [0, 0.05) is 36.8 Å². The lowest BCUT2D eigenvalue weighted by molar-refractivity contribution is -0.757. The number of hydrogen-bond acceptors (Lipinski definition) is 7. The molecule has 0 saturated heterocycles. The van der Waals surface area contributed by atoms with Crippen LogP contribution in [-0.4, -0.2) is 34.8 Å². The van der Waals surface area contributed by atoms with Gasteiger partial charge in [-0.25, -0.2) is 4.98 Å². The highest BCUT2D eigenvalue weighted by atomic mass is 32.1. The number of aromatic nitrogens is 2. The maximum Gasteiger partial charge on any atom is 0.294 e. The van der Waals surface area contributed by atoms with Crippen molar-refractivity contribution in [2.75, 3.05) is 24.6 Å². The molecule has 0 unspecified atom stereocenters. The highest BCUT2D eigenvalue weighted by molar-refractivity contribution is 7.15. The van der Waals surface area contributed by atoms with Gasteiger partial charge in [0.05, 0.1) is 16.9 Å². The average molecular weight is 336 g/mol. The lowest BCUT2D eigenvalue weighted by Gasteiger charge is -2.22. The summed E-state index contributed by atoms with van der Waals surface area (Å²) in [4.78, 5) is 26.7. The van der Waals surface area contributed by atoms with Gasteiger partial charge in [0.2, 0.25) is 0 Å². The minimum absolute atomic E-state index is 0.0470. The SMILES string of the molecule is CCN(CC)c1ccncc1-c1nc(C)c(CCO[N+](=O)[O-])s1. The molecule has 0 amide bonds. The van der Waals surface area contributed by atoms with Crippen LogP contribution in [0.5, 0.6) is 0 Å². The fourth-order valence-electron chi connectivity index (χ4n) is 2.38. The summed E-state index contributed by atoms with van der Waals surface area (Å²) >= 11 is 1.54. The zero-order valence-corrected chi connectivity index (χ0v) is 14.3. The Labute approximate surface area is 139 Å². The number of rotatable bonds is 8. The van der Waals surface area contributed by atoms with Gasteiger partial charge >= 0.3 is 0 Å². The van der Waals surface area contributed by atoms with Gasteiger partial charge in [0.1, 0.15) is 11.6 Å². The molecule has 124 valence electrons. The lowest BCUT2D eigenvalue weighted by Crippen LogP contribution is -2.22. The second-order valence-corrected chi connectivity index (χ2v) is 5.98. The van der Waals surface area contributed by atoms with Gasteiger partial charge in [-0.2, -0.15) is 0 Å². The van der Waals surface area contributed by atoms with Gasteiger partial charge in [-0.15, -0.1) is 21.5 Å². The summed E-state index contributed by atoms with van der Waals surface area (Å²) in [5.41, 5.74) is 2.98. The van der Waals surface area contributed by atoms with Gasteiger partial charge in [-0.1, -0.05) is 0 Å². The molecule has 0 aromatic carbocycles. The van der Waals surface area contributed by atoms with Crippen molar-refractivity contribution in [3.8, 4) is 10.6 Å². The Morgan fingerprint density at radius 3 is 2.78 bits per heavy atom. The van der Waals surface area contributed by atoms with E-state index in [0.717, 1.165) is 39.9 Å². The molecule has 8 heteroatoms. The van der Waals surface area contributed by atoms with E-state index in [9.17, 15) is 10.1 Å². The van der Waals surface area contributed by atoms with Crippen molar-refractivity contribution in [2.24, 2.45) is 0 Å². The fraction of sp³-hybridized carbons (Fsp3) is 0.467. The molecule has 0 aliphatic rings. The summed E-state index contributed by atoms with van der Waals surface area (Å²) in [7, 11) is 0. The highest BCUT2D eigenvalue weighted by Crippen LogP contribution is 2.34. The Balaban J connectivity index is 2.27. The zero-order chi connectivity index (χ0) is 16.8. The van der Waals surface area contributed by atoms with E-state index in [-0.39, 0.29) is 6.61 Å². The van der Waals surface area contributed by atoms with Crippen LogP contribution < -0.4 is 4.90 Å². The molecule has 0 fully saturated rings. The minimum Gasteiger partial charge on any atom is -0.371 e. The van der Waals surface area contributed by atoms with Crippen LogP contribution in [0.15, 0.2) is 18.5 Å². The quantitative estimate of drug-likeness (QED) is 0.544. The van der Waals surface area contributed by atoms with Gasteiger partial charge in [0.25, 0.3) is 5.09 Å². The number of hydrogen-bond donors (Lipinski definition) is 0. The molecular weight excluding hydrogens is 316 g/mol. The molecule has 2 heterocycles. The number of thiazole rings is 1. The Morgan fingerprint density at radius 2 is 2.13 bits per heavy atom. The molecule has 2 rings (SSSR count). The molecule has 2 aromatic heterocycles. The summed E-state index contributed by atoms with van der Waals surface area (Å²) in [5, 5.41) is 10.4. The normalized spacial score (nSPS) is 10.6. The summed E-state index contributed by atoms with van der Waals surface area (Å²) in [6.45, 7) is 7.99. The van der Waals surface area contributed by atoms with Crippen LogP contribution in [0.3, 0.4) is 0 Å². The molecular formula is C15H20N4O3S. The Morgan fingerprint density at radius 1 is 1.39 bits per heavy atom. The smallest absolute Gasteiger partial charge is 0.294 e. The van der Waals surface area contributed by atoms with E-state index >= 15 is 0 Å². The first-order valence-corrected chi connectivity index (χ1v) is 8.31. The van der Waals surface area contributed by atoms with Crippen molar-refractivity contribution in [3.05, 3.63) is 39.1 Å². The van der Waals surface area contributed by atoms with Gasteiger partial charge in [0.15, 0.2) is 0 Å². The third-order valence-corrected chi connectivity index (χ3v) is 4.80. The standard InChI is InChI=1S/C15H20N4O3S/c1-4-18(5-2)13-6-8-16-10-12(13)15-17-11(3)14(23-15)7-9-22-19(20)21/h6,8,10H,4-5,7,9H2,1-3H3. The largest absolute Gasteiger partial charge is 0.371 e. The molecule has 2 aromatic rings. The third-order valence-electron chi connectivity index (χ3n) is 3.55. The summed E-state index contributed by atoms with van der Waals surface area (Å²) < 4.78 is 0. The van der Waals surface area contributed by atoms with Crippen molar-refractivity contribution in [2.45, 2.75) is 27.2 Å². The first-order valence-electron chi connectivity index (χ1n) is 7.49. The third kappa shape index (κ3) is 4.16. The van der Waals surface area contributed by atoms with Gasteiger partial charge in [-0.05, 0) is 26.8 Å². The molecule has 0 atom stereocenters. The molecule has 0 radical (unpaired) electrons. The van der Waals surface area contributed by atoms with Crippen LogP contribution in [0.1, 0.15) is 24.4 Å². The van der Waals surface area contributed by atoms with Crippen molar-refractivity contribution >= 4 is 17.0 Å². The Hall–Kier alpha value is -2.22. The predicted molar refractivity (Wildman–Crippen MR) is 90.3 cm³/mol.